The van der Waals surface area contributed by atoms with Gasteiger partial charge >= 0.3 is 0 Å². The van der Waals surface area contributed by atoms with Crippen molar-refractivity contribution in [3.8, 4) is 0 Å². The zero-order valence-electron chi connectivity index (χ0n) is 8.38. The molecule has 1 aliphatic rings. The molecule has 1 aliphatic carbocycles. The molecule has 0 aromatic carbocycles. The van der Waals surface area contributed by atoms with Crippen molar-refractivity contribution in [1.82, 2.24) is 0 Å². The van der Waals surface area contributed by atoms with Gasteiger partial charge in [-0.2, -0.15) is 0 Å². The third-order valence-electron chi connectivity index (χ3n) is 3.07. The van der Waals surface area contributed by atoms with Gasteiger partial charge in [0.2, 0.25) is 0 Å². The molecule has 1 N–H and O–H groups in total. The van der Waals surface area contributed by atoms with Gasteiger partial charge in [0.25, 0.3) is 0 Å². The molecule has 1 atom stereocenters. The summed E-state index contributed by atoms with van der Waals surface area (Å²) in [6, 6.07) is 2.02. The molecule has 2 rings (SSSR count). The first-order chi connectivity index (χ1) is 7.16. The van der Waals surface area contributed by atoms with Crippen LogP contribution in [0.25, 0.3) is 0 Å². The summed E-state index contributed by atoms with van der Waals surface area (Å²) in [5.41, 5.74) is 1.04. The average molecular weight is 354 g/mol. The molecule has 0 spiro atoms. The summed E-state index contributed by atoms with van der Waals surface area (Å²) in [5, 5.41) is 10.1. The molecule has 1 aromatic heterocycles. The monoisotopic (exact) mass is 352 g/mol. The zero-order valence-corrected chi connectivity index (χ0v) is 12.4. The molecule has 1 unspecified atom stereocenters. The Bertz CT molecular complexity index is 331. The average Bonchev–Trinajstić information content (AvgIpc) is 2.75. The van der Waals surface area contributed by atoms with Crippen molar-refractivity contribution in [3.05, 3.63) is 19.2 Å². The Morgan fingerprint density at radius 1 is 1.40 bits per heavy atom. The molecule has 0 bridgehead atoms. The molecular formula is C11H14Br2OS. The minimum Gasteiger partial charge on any atom is -0.388 e. The summed E-state index contributed by atoms with van der Waals surface area (Å²) in [4.78, 5) is 0. The summed E-state index contributed by atoms with van der Waals surface area (Å²) in [7, 11) is 0. The molecule has 1 saturated carbocycles. The van der Waals surface area contributed by atoms with Crippen LogP contribution in [0.3, 0.4) is 0 Å². The van der Waals surface area contributed by atoms with Gasteiger partial charge in [-0.05, 0) is 50.3 Å². The second-order valence-corrected chi connectivity index (χ2v) is 7.93. The van der Waals surface area contributed by atoms with E-state index in [4.69, 9.17) is 0 Å². The van der Waals surface area contributed by atoms with E-state index in [0.29, 0.717) is 0 Å². The first kappa shape index (κ1) is 12.1. The molecule has 1 heterocycles. The molecule has 0 radical (unpaired) electrons. The fraction of sp³-hybridized carbons (Fsp3) is 0.636. The third kappa shape index (κ3) is 3.05. The van der Waals surface area contributed by atoms with Gasteiger partial charge in [-0.1, -0.05) is 25.7 Å². The Labute approximate surface area is 111 Å². The molecule has 4 heteroatoms. The Balaban J connectivity index is 2.00. The van der Waals surface area contributed by atoms with Gasteiger partial charge in [-0.3, -0.25) is 0 Å². The van der Waals surface area contributed by atoms with Crippen LogP contribution in [0.5, 0.6) is 0 Å². The van der Waals surface area contributed by atoms with Gasteiger partial charge in [-0.15, -0.1) is 11.3 Å². The van der Waals surface area contributed by atoms with Crippen molar-refractivity contribution < 1.29 is 5.11 Å². The summed E-state index contributed by atoms with van der Waals surface area (Å²) in [6.45, 7) is 0. The maximum Gasteiger partial charge on any atom is 0.0812 e. The van der Waals surface area contributed by atoms with Gasteiger partial charge in [-0.25, -0.2) is 0 Å². The normalized spacial score (nSPS) is 19.7. The SMILES string of the molecule is OC(CC1CCCC1)c1cc(Br)sc1Br. The van der Waals surface area contributed by atoms with Crippen LogP contribution in [-0.4, -0.2) is 5.11 Å². The van der Waals surface area contributed by atoms with Gasteiger partial charge in [0.15, 0.2) is 0 Å². The van der Waals surface area contributed by atoms with Crippen molar-refractivity contribution in [2.75, 3.05) is 0 Å². The van der Waals surface area contributed by atoms with Gasteiger partial charge in [0.05, 0.1) is 13.7 Å². The lowest BCUT2D eigenvalue weighted by molar-refractivity contribution is 0.144. The van der Waals surface area contributed by atoms with Crippen molar-refractivity contribution in [1.29, 1.82) is 0 Å². The van der Waals surface area contributed by atoms with E-state index >= 15 is 0 Å². The number of aliphatic hydroxyl groups excluding tert-OH is 1. The molecule has 0 saturated heterocycles. The molecule has 15 heavy (non-hydrogen) atoms. The number of thiophene rings is 1. The quantitative estimate of drug-likeness (QED) is 0.820. The smallest absolute Gasteiger partial charge is 0.0812 e. The van der Waals surface area contributed by atoms with Crippen LogP contribution in [-0.2, 0) is 0 Å². The van der Waals surface area contributed by atoms with Crippen molar-refractivity contribution >= 4 is 43.2 Å². The van der Waals surface area contributed by atoms with Crippen molar-refractivity contribution in [2.24, 2.45) is 5.92 Å². The molecular weight excluding hydrogens is 340 g/mol. The molecule has 0 amide bonds. The third-order valence-corrected chi connectivity index (χ3v) is 5.46. The Morgan fingerprint density at radius 2 is 2.07 bits per heavy atom. The number of hydrogen-bond donors (Lipinski definition) is 1. The van der Waals surface area contributed by atoms with E-state index in [0.717, 1.165) is 25.5 Å². The van der Waals surface area contributed by atoms with Crippen LogP contribution >= 0.6 is 43.2 Å². The Hall–Kier alpha value is 0.620. The lowest BCUT2D eigenvalue weighted by Crippen LogP contribution is -2.03. The molecule has 1 nitrogen and oxygen atoms in total. The summed E-state index contributed by atoms with van der Waals surface area (Å²) in [5.74, 6) is 0.727. The number of hydrogen-bond acceptors (Lipinski definition) is 2. The molecule has 1 aromatic rings. The topological polar surface area (TPSA) is 20.2 Å². The zero-order chi connectivity index (χ0) is 10.8. The van der Waals surface area contributed by atoms with Gasteiger partial charge in [0, 0.05) is 5.56 Å². The Kier molecular flexibility index (Phi) is 4.27. The summed E-state index contributed by atoms with van der Waals surface area (Å²) >= 11 is 8.57. The first-order valence-corrected chi connectivity index (χ1v) is 7.70. The van der Waals surface area contributed by atoms with Gasteiger partial charge < -0.3 is 5.11 Å². The Morgan fingerprint density at radius 3 is 2.60 bits per heavy atom. The number of halogens is 2. The minimum atomic E-state index is -0.301. The van der Waals surface area contributed by atoms with Gasteiger partial charge in [0.1, 0.15) is 0 Å². The van der Waals surface area contributed by atoms with Crippen LogP contribution in [0, 0.1) is 5.92 Å². The van der Waals surface area contributed by atoms with E-state index in [2.05, 4.69) is 31.9 Å². The highest BCUT2D eigenvalue weighted by Gasteiger charge is 2.22. The summed E-state index contributed by atoms with van der Waals surface area (Å²) < 4.78 is 2.13. The first-order valence-electron chi connectivity index (χ1n) is 5.29. The fourth-order valence-electron chi connectivity index (χ4n) is 2.27. The highest BCUT2D eigenvalue weighted by molar-refractivity contribution is 9.12. The van der Waals surface area contributed by atoms with Crippen LogP contribution < -0.4 is 0 Å². The van der Waals surface area contributed by atoms with E-state index in [9.17, 15) is 5.11 Å². The highest BCUT2D eigenvalue weighted by Crippen LogP contribution is 2.39. The maximum atomic E-state index is 10.1. The second-order valence-electron chi connectivity index (χ2n) is 4.18. The second kappa shape index (κ2) is 5.30. The van der Waals surface area contributed by atoms with E-state index in [1.165, 1.54) is 25.7 Å². The van der Waals surface area contributed by atoms with Crippen LogP contribution in [0.15, 0.2) is 13.6 Å². The van der Waals surface area contributed by atoms with Crippen molar-refractivity contribution in [2.45, 2.75) is 38.2 Å². The lowest BCUT2D eigenvalue weighted by atomic mass is 9.97. The van der Waals surface area contributed by atoms with E-state index in [1.54, 1.807) is 11.3 Å². The predicted octanol–water partition coefficient (Wildman–Crippen LogP) is 4.89. The van der Waals surface area contributed by atoms with Crippen LogP contribution in [0.4, 0.5) is 0 Å². The maximum absolute atomic E-state index is 10.1. The van der Waals surface area contributed by atoms with Crippen molar-refractivity contribution in [3.63, 3.8) is 0 Å². The highest BCUT2D eigenvalue weighted by atomic mass is 79.9. The summed E-state index contributed by atoms with van der Waals surface area (Å²) in [6.07, 6.45) is 5.88. The molecule has 1 fully saturated rings. The predicted molar refractivity (Wildman–Crippen MR) is 71.3 cm³/mol. The van der Waals surface area contributed by atoms with E-state index < -0.39 is 0 Å². The van der Waals surface area contributed by atoms with Crippen LogP contribution in [0.1, 0.15) is 43.8 Å². The van der Waals surface area contributed by atoms with E-state index in [1.807, 2.05) is 6.07 Å². The lowest BCUT2D eigenvalue weighted by Gasteiger charge is -2.14. The largest absolute Gasteiger partial charge is 0.388 e. The van der Waals surface area contributed by atoms with Crippen LogP contribution in [0.2, 0.25) is 0 Å². The molecule has 84 valence electrons. The molecule has 0 aliphatic heterocycles. The number of aliphatic hydroxyl groups is 1. The minimum absolute atomic E-state index is 0.301. The fourth-order valence-corrected chi connectivity index (χ4v) is 5.22. The standard InChI is InChI=1S/C11H14Br2OS/c12-10-6-8(11(13)15-10)9(14)5-7-3-1-2-4-7/h6-7,9,14H,1-5H2. The van der Waals surface area contributed by atoms with E-state index in [-0.39, 0.29) is 6.10 Å². The number of rotatable bonds is 3.